The summed E-state index contributed by atoms with van der Waals surface area (Å²) in [5.41, 5.74) is 6.32. The standard InChI is InChI=1S/C12H10Br2N2O2/c1-17-11-3-2-8(5-10(11)15)18-12-9(14)4-7(13)6-16-12/h2-6H,15H2,1H3. The molecule has 0 radical (unpaired) electrons. The van der Waals surface area contributed by atoms with Gasteiger partial charge in [0, 0.05) is 16.7 Å². The second-order valence-electron chi connectivity index (χ2n) is 3.45. The van der Waals surface area contributed by atoms with Crippen LogP contribution in [0.2, 0.25) is 0 Å². The van der Waals surface area contributed by atoms with Crippen LogP contribution in [0, 0.1) is 0 Å². The maximum Gasteiger partial charge on any atom is 0.233 e. The van der Waals surface area contributed by atoms with Gasteiger partial charge >= 0.3 is 0 Å². The molecule has 0 atom stereocenters. The first-order chi connectivity index (χ1) is 8.60. The average Bonchev–Trinajstić information content (AvgIpc) is 2.33. The number of ether oxygens (including phenoxy) is 2. The van der Waals surface area contributed by atoms with Gasteiger partial charge in [0.15, 0.2) is 0 Å². The van der Waals surface area contributed by atoms with E-state index in [1.807, 2.05) is 6.07 Å². The largest absolute Gasteiger partial charge is 0.495 e. The van der Waals surface area contributed by atoms with E-state index in [9.17, 15) is 0 Å². The molecule has 0 aliphatic rings. The molecule has 94 valence electrons. The molecule has 0 unspecified atom stereocenters. The third kappa shape index (κ3) is 2.94. The van der Waals surface area contributed by atoms with E-state index in [-0.39, 0.29) is 0 Å². The van der Waals surface area contributed by atoms with Gasteiger partial charge < -0.3 is 15.2 Å². The number of rotatable bonds is 3. The predicted molar refractivity (Wildman–Crippen MR) is 77.1 cm³/mol. The third-order valence-corrected chi connectivity index (χ3v) is 3.19. The summed E-state index contributed by atoms with van der Waals surface area (Å²) in [7, 11) is 1.57. The Balaban J connectivity index is 2.26. The Kier molecular flexibility index (Phi) is 4.08. The first kappa shape index (κ1) is 13.2. The molecular formula is C12H10Br2N2O2. The minimum Gasteiger partial charge on any atom is -0.495 e. The maximum absolute atomic E-state index is 5.80. The third-order valence-electron chi connectivity index (χ3n) is 2.19. The maximum atomic E-state index is 5.80. The molecular weight excluding hydrogens is 364 g/mol. The number of hydrogen-bond acceptors (Lipinski definition) is 4. The van der Waals surface area contributed by atoms with Crippen molar-refractivity contribution in [3.8, 4) is 17.4 Å². The molecule has 2 N–H and O–H groups in total. The number of nitrogens with two attached hydrogens (primary N) is 1. The number of nitrogen functional groups attached to an aromatic ring is 1. The van der Waals surface area contributed by atoms with Crippen LogP contribution in [0.3, 0.4) is 0 Å². The number of anilines is 1. The van der Waals surface area contributed by atoms with Crippen LogP contribution in [0.25, 0.3) is 0 Å². The van der Waals surface area contributed by atoms with Gasteiger partial charge in [-0.1, -0.05) is 0 Å². The van der Waals surface area contributed by atoms with Gasteiger partial charge in [-0.3, -0.25) is 0 Å². The van der Waals surface area contributed by atoms with E-state index in [4.69, 9.17) is 15.2 Å². The number of nitrogens with zero attached hydrogens (tertiary/aromatic N) is 1. The lowest BCUT2D eigenvalue weighted by Crippen LogP contribution is -1.94. The van der Waals surface area contributed by atoms with Gasteiger partial charge in [-0.25, -0.2) is 4.98 Å². The van der Waals surface area contributed by atoms with Crippen LogP contribution in [0.1, 0.15) is 0 Å². The van der Waals surface area contributed by atoms with E-state index in [1.54, 1.807) is 31.5 Å². The van der Waals surface area contributed by atoms with Gasteiger partial charge in [0.1, 0.15) is 11.5 Å². The van der Waals surface area contributed by atoms with Crippen molar-refractivity contribution in [3.63, 3.8) is 0 Å². The number of pyridine rings is 1. The van der Waals surface area contributed by atoms with Crippen molar-refractivity contribution >= 4 is 37.5 Å². The fourth-order valence-electron chi connectivity index (χ4n) is 1.36. The van der Waals surface area contributed by atoms with E-state index in [1.165, 1.54) is 0 Å². The molecule has 0 saturated carbocycles. The molecule has 1 aromatic carbocycles. The molecule has 0 fully saturated rings. The predicted octanol–water partition coefficient (Wildman–Crippen LogP) is 3.99. The van der Waals surface area contributed by atoms with E-state index >= 15 is 0 Å². The zero-order chi connectivity index (χ0) is 13.1. The first-order valence-corrected chi connectivity index (χ1v) is 6.61. The Labute approximate surface area is 121 Å². The molecule has 0 aliphatic carbocycles. The van der Waals surface area contributed by atoms with Gasteiger partial charge in [-0.2, -0.15) is 0 Å². The van der Waals surface area contributed by atoms with Crippen LogP contribution in [-0.2, 0) is 0 Å². The molecule has 1 aromatic heterocycles. The highest BCUT2D eigenvalue weighted by Gasteiger charge is 2.07. The van der Waals surface area contributed by atoms with Crippen LogP contribution in [0.15, 0.2) is 39.4 Å². The van der Waals surface area contributed by atoms with Crippen molar-refractivity contribution in [3.05, 3.63) is 39.4 Å². The zero-order valence-corrected chi connectivity index (χ0v) is 12.7. The topological polar surface area (TPSA) is 57.4 Å². The molecule has 2 rings (SSSR count). The lowest BCUT2D eigenvalue weighted by molar-refractivity contribution is 0.414. The summed E-state index contributed by atoms with van der Waals surface area (Å²) in [6.45, 7) is 0. The van der Waals surface area contributed by atoms with Crippen LogP contribution in [0.5, 0.6) is 17.4 Å². The molecule has 0 amide bonds. The van der Waals surface area contributed by atoms with Gasteiger partial charge in [-0.15, -0.1) is 0 Å². The van der Waals surface area contributed by atoms with Gasteiger partial charge in [0.2, 0.25) is 5.88 Å². The molecule has 4 nitrogen and oxygen atoms in total. The summed E-state index contributed by atoms with van der Waals surface area (Å²) >= 11 is 6.71. The normalized spacial score (nSPS) is 10.2. The Bertz CT molecular complexity index is 576. The summed E-state index contributed by atoms with van der Waals surface area (Å²) in [6, 6.07) is 7.06. The highest BCUT2D eigenvalue weighted by molar-refractivity contribution is 9.11. The van der Waals surface area contributed by atoms with Gasteiger partial charge in [-0.05, 0) is 50.1 Å². The first-order valence-electron chi connectivity index (χ1n) is 5.02. The Morgan fingerprint density at radius 1 is 1.22 bits per heavy atom. The lowest BCUT2D eigenvalue weighted by Gasteiger charge is -2.09. The molecule has 6 heteroatoms. The summed E-state index contributed by atoms with van der Waals surface area (Å²) < 4.78 is 12.3. The second-order valence-corrected chi connectivity index (χ2v) is 5.22. The fraction of sp³-hybridized carbons (Fsp3) is 0.0833. The highest BCUT2D eigenvalue weighted by Crippen LogP contribution is 2.32. The summed E-state index contributed by atoms with van der Waals surface area (Å²) in [6.07, 6.45) is 1.66. The number of hydrogen-bond donors (Lipinski definition) is 1. The van der Waals surface area contributed by atoms with E-state index in [0.717, 1.165) is 8.95 Å². The van der Waals surface area contributed by atoms with Crippen molar-refractivity contribution in [1.29, 1.82) is 0 Å². The van der Waals surface area contributed by atoms with E-state index in [0.29, 0.717) is 23.1 Å². The number of methoxy groups -OCH3 is 1. The van der Waals surface area contributed by atoms with Crippen molar-refractivity contribution in [2.24, 2.45) is 0 Å². The number of benzene rings is 1. The Morgan fingerprint density at radius 3 is 2.61 bits per heavy atom. The number of aromatic nitrogens is 1. The van der Waals surface area contributed by atoms with Crippen molar-refractivity contribution < 1.29 is 9.47 Å². The molecule has 0 saturated heterocycles. The van der Waals surface area contributed by atoms with Crippen LogP contribution in [0.4, 0.5) is 5.69 Å². The molecule has 2 aromatic rings. The molecule has 0 bridgehead atoms. The Hall–Kier alpha value is -1.27. The van der Waals surface area contributed by atoms with E-state index in [2.05, 4.69) is 36.8 Å². The van der Waals surface area contributed by atoms with Crippen LogP contribution < -0.4 is 15.2 Å². The molecule has 1 heterocycles. The smallest absolute Gasteiger partial charge is 0.233 e. The summed E-state index contributed by atoms with van der Waals surface area (Å²) in [5.74, 6) is 1.69. The quantitative estimate of drug-likeness (QED) is 0.826. The monoisotopic (exact) mass is 372 g/mol. The van der Waals surface area contributed by atoms with Crippen molar-refractivity contribution in [1.82, 2.24) is 4.98 Å². The molecule has 0 spiro atoms. The van der Waals surface area contributed by atoms with Crippen molar-refractivity contribution in [2.75, 3.05) is 12.8 Å². The van der Waals surface area contributed by atoms with Gasteiger partial charge in [0.25, 0.3) is 0 Å². The Morgan fingerprint density at radius 2 is 2.00 bits per heavy atom. The van der Waals surface area contributed by atoms with Crippen molar-refractivity contribution in [2.45, 2.75) is 0 Å². The summed E-state index contributed by atoms with van der Waals surface area (Å²) in [5, 5.41) is 0. The van der Waals surface area contributed by atoms with Crippen LogP contribution in [-0.4, -0.2) is 12.1 Å². The fourth-order valence-corrected chi connectivity index (χ4v) is 2.43. The minimum atomic E-state index is 0.475. The zero-order valence-electron chi connectivity index (χ0n) is 9.48. The lowest BCUT2D eigenvalue weighted by atomic mass is 10.3. The van der Waals surface area contributed by atoms with E-state index < -0.39 is 0 Å². The number of halogens is 2. The SMILES string of the molecule is COc1ccc(Oc2ncc(Br)cc2Br)cc1N. The minimum absolute atomic E-state index is 0.475. The second kappa shape index (κ2) is 5.58. The van der Waals surface area contributed by atoms with Crippen LogP contribution >= 0.6 is 31.9 Å². The highest BCUT2D eigenvalue weighted by atomic mass is 79.9. The van der Waals surface area contributed by atoms with Gasteiger partial charge in [0.05, 0.1) is 17.3 Å². The molecule has 0 aliphatic heterocycles. The molecule has 18 heavy (non-hydrogen) atoms. The average molecular weight is 374 g/mol. The summed E-state index contributed by atoms with van der Waals surface area (Å²) in [4.78, 5) is 4.16.